The smallest absolute Gasteiger partial charge is 0.0605 e. The summed E-state index contributed by atoms with van der Waals surface area (Å²) < 4.78 is 0. The Bertz CT molecular complexity index is 2120. The van der Waals surface area contributed by atoms with Crippen molar-refractivity contribution < 1.29 is 40.9 Å². The molecule has 35 atom stereocenters. The summed E-state index contributed by atoms with van der Waals surface area (Å²) in [5.41, 5.74) is 0.974. The van der Waals surface area contributed by atoms with Crippen LogP contribution in [-0.4, -0.2) is 89.7 Å². The van der Waals surface area contributed by atoms with Crippen LogP contribution in [0, 0.1) is 157 Å². The van der Waals surface area contributed by atoms with Crippen LogP contribution in [0.15, 0.2) is 0 Å². The highest BCUT2D eigenvalue weighted by atomic mass is 16.3. The highest BCUT2D eigenvalue weighted by Gasteiger charge is 2.70. The van der Waals surface area contributed by atoms with Gasteiger partial charge in [-0.3, -0.25) is 0 Å². The molecule has 12 aliphatic rings. The molecule has 0 bridgehead atoms. The Morgan fingerprint density at radius 1 is 0.314 bits per heavy atom. The van der Waals surface area contributed by atoms with Crippen LogP contribution in [0.4, 0.5) is 0 Å². The lowest BCUT2D eigenvalue weighted by Gasteiger charge is -2.65. The minimum Gasteiger partial charge on any atom is -0.393 e. The fourth-order valence-electron chi connectivity index (χ4n) is 28.7. The third kappa shape index (κ3) is 10.8. The predicted octanol–water partition coefficient (Wildman–Crippen LogP) is 16.1. The number of hydrogen-bond donors (Lipinski definition) is 8. The number of rotatable bonds is 12. The SMILES string of the molecule is CCC[C@@H](C)[C@H]1CCC2C3C(CC[C@@]21C)[C@@]1(C)CC[C@@H](O)C[C@H]1[C@@H](CC)[C@@H]3O.CCC[C@@H](C)[C@H]1CCC2C3C(C[C@H](O)[C@@]21C)[C@@]1(C)CC[C@@H](O)C[C@H]1[C@@H](CC)[C@@H]3O.CCC[C@@H](C)[C@H]1CCC2C3C(C[C@H](O)[C@@]21C)[C@@]1(C)CC[C@@H](O)C[C@H]1[C@@H](CC)[C@H]3O. The number of aliphatic hydroxyl groups is 8. The second-order valence-corrected chi connectivity index (χ2v) is 35.8. The Balaban J connectivity index is 0.000000143. The van der Waals surface area contributed by atoms with Gasteiger partial charge in [0.1, 0.15) is 0 Å². The van der Waals surface area contributed by atoms with E-state index in [4.69, 9.17) is 0 Å². The molecule has 0 aromatic heterocycles. The first-order valence-electron chi connectivity index (χ1n) is 38.1. The molecule has 0 aliphatic heterocycles. The molecule has 12 saturated carbocycles. The van der Waals surface area contributed by atoms with Crippen molar-refractivity contribution in [3.05, 3.63) is 0 Å². The molecule has 0 heterocycles. The van der Waals surface area contributed by atoms with Crippen molar-refractivity contribution in [2.75, 3.05) is 0 Å². The van der Waals surface area contributed by atoms with Crippen LogP contribution < -0.4 is 0 Å². The molecule has 12 aliphatic carbocycles. The Kier molecular flexibility index (Phi) is 20.8. The number of fused-ring (bicyclic) bond motifs is 15. The van der Waals surface area contributed by atoms with Crippen molar-refractivity contribution in [3.63, 3.8) is 0 Å². The molecule has 8 nitrogen and oxygen atoms in total. The highest BCUT2D eigenvalue weighted by Crippen LogP contribution is 2.73. The van der Waals surface area contributed by atoms with Crippen LogP contribution in [0.5, 0.6) is 0 Å². The van der Waals surface area contributed by atoms with Gasteiger partial charge in [0.05, 0.1) is 48.8 Å². The normalized spacial score (nSPS) is 55.3. The molecule has 0 aromatic rings. The molecule has 0 saturated heterocycles. The van der Waals surface area contributed by atoms with Crippen molar-refractivity contribution in [2.45, 2.75) is 332 Å². The quantitative estimate of drug-likeness (QED) is 0.0958. The van der Waals surface area contributed by atoms with E-state index in [2.05, 4.69) is 104 Å². The van der Waals surface area contributed by atoms with Crippen LogP contribution in [0.3, 0.4) is 0 Å². The van der Waals surface area contributed by atoms with Gasteiger partial charge in [-0.15, -0.1) is 0 Å². The standard InChI is InChI=1S/2C26H46O3.C26H46O2/c2*1-6-8-15(3)18-9-10-19-23-21(14-22(28)26(18,19)5)25(4)12-11-16(27)13-20(25)17(7-2)24(23)29;1-6-8-16(3)19-9-10-20-23-21(12-14-25(19,20)4)26(5)13-11-17(27)15-22(26)18(7-2)24(23)28/h2*15-24,27-29H,6-14H2,1-5H3;16-24,27-28H,6-15H2,1-5H3/t15-,16-,17-,18-,19?,20+,21?,22+,23?,24+,25+,26-;15-,16-,17-,18-,19?,20+,21?,22+,23?,24-,25+,26-;16-,17-,18-,19-,20?,21?,22+,23?,24+,25-,26-/m111/s1. The van der Waals surface area contributed by atoms with Crippen molar-refractivity contribution >= 4 is 0 Å². The third-order valence-corrected chi connectivity index (χ3v) is 32.9. The van der Waals surface area contributed by atoms with Gasteiger partial charge < -0.3 is 40.9 Å². The zero-order chi connectivity index (χ0) is 62.5. The number of aliphatic hydroxyl groups excluding tert-OH is 8. The zero-order valence-electron chi connectivity index (χ0n) is 58.1. The molecule has 0 amide bonds. The van der Waals surface area contributed by atoms with E-state index in [1.54, 1.807) is 0 Å². The lowest BCUT2D eigenvalue weighted by molar-refractivity contribution is -0.228. The molecular formula is C78H138O8. The molecule has 498 valence electrons. The van der Waals surface area contributed by atoms with Crippen LogP contribution in [0.25, 0.3) is 0 Å². The van der Waals surface area contributed by atoms with Crippen LogP contribution >= 0.6 is 0 Å². The molecule has 12 rings (SSSR count). The summed E-state index contributed by atoms with van der Waals surface area (Å²) in [5.74, 6) is 10.6. The van der Waals surface area contributed by atoms with Gasteiger partial charge in [-0.2, -0.15) is 0 Å². The van der Waals surface area contributed by atoms with E-state index in [1.807, 2.05) is 0 Å². The predicted molar refractivity (Wildman–Crippen MR) is 350 cm³/mol. The molecule has 0 radical (unpaired) electrons. The first kappa shape index (κ1) is 68.5. The van der Waals surface area contributed by atoms with Gasteiger partial charge in [0.15, 0.2) is 0 Å². The second-order valence-electron chi connectivity index (χ2n) is 35.8. The van der Waals surface area contributed by atoms with E-state index >= 15 is 0 Å². The molecule has 0 aromatic carbocycles. The van der Waals surface area contributed by atoms with Gasteiger partial charge in [0.2, 0.25) is 0 Å². The van der Waals surface area contributed by atoms with Crippen LogP contribution in [-0.2, 0) is 0 Å². The van der Waals surface area contributed by atoms with E-state index in [1.165, 1.54) is 96.3 Å². The molecule has 86 heavy (non-hydrogen) atoms. The summed E-state index contributed by atoms with van der Waals surface area (Å²) in [6, 6.07) is 0. The maximum Gasteiger partial charge on any atom is 0.0605 e. The fraction of sp³-hybridized carbons (Fsp3) is 1.00. The third-order valence-electron chi connectivity index (χ3n) is 32.9. The summed E-state index contributed by atoms with van der Waals surface area (Å²) >= 11 is 0. The maximum absolute atomic E-state index is 11.7. The van der Waals surface area contributed by atoms with E-state index in [0.717, 1.165) is 95.3 Å². The summed E-state index contributed by atoms with van der Waals surface area (Å²) in [7, 11) is 0. The molecular weight excluding hydrogens is 1060 g/mol. The van der Waals surface area contributed by atoms with Gasteiger partial charge in [-0.1, -0.05) is 162 Å². The van der Waals surface area contributed by atoms with Crippen molar-refractivity contribution in [1.29, 1.82) is 0 Å². The van der Waals surface area contributed by atoms with Gasteiger partial charge in [-0.25, -0.2) is 0 Å². The summed E-state index contributed by atoms with van der Waals surface area (Å²) in [6.07, 6.45) is 29.3. The topological polar surface area (TPSA) is 162 Å². The van der Waals surface area contributed by atoms with Gasteiger partial charge in [0, 0.05) is 0 Å². The van der Waals surface area contributed by atoms with Crippen molar-refractivity contribution in [1.82, 2.24) is 0 Å². The summed E-state index contributed by atoms with van der Waals surface area (Å²) in [6.45, 7) is 35.7. The van der Waals surface area contributed by atoms with Crippen LogP contribution in [0.2, 0.25) is 0 Å². The van der Waals surface area contributed by atoms with Gasteiger partial charge >= 0.3 is 0 Å². The highest BCUT2D eigenvalue weighted by molar-refractivity contribution is 5.19. The minimum atomic E-state index is -0.273. The Hall–Kier alpha value is -0.320. The van der Waals surface area contributed by atoms with Gasteiger partial charge in [-0.05, 0) is 279 Å². The first-order valence-corrected chi connectivity index (χ1v) is 38.1. The Morgan fingerprint density at radius 2 is 0.605 bits per heavy atom. The van der Waals surface area contributed by atoms with E-state index in [-0.39, 0.29) is 70.5 Å². The Labute approximate surface area is 527 Å². The van der Waals surface area contributed by atoms with E-state index in [0.29, 0.717) is 123 Å². The second kappa shape index (κ2) is 26.1. The average molecular weight is 1200 g/mol. The van der Waals surface area contributed by atoms with Crippen molar-refractivity contribution in [3.8, 4) is 0 Å². The largest absolute Gasteiger partial charge is 0.393 e. The number of hydrogen-bond acceptors (Lipinski definition) is 8. The lowest BCUT2D eigenvalue weighted by Crippen LogP contribution is -2.65. The molecule has 8 heteroatoms. The van der Waals surface area contributed by atoms with Gasteiger partial charge in [0.25, 0.3) is 0 Å². The lowest BCUT2D eigenvalue weighted by atomic mass is 9.41. The van der Waals surface area contributed by atoms with E-state index in [9.17, 15) is 40.9 Å². The van der Waals surface area contributed by atoms with Crippen molar-refractivity contribution in [2.24, 2.45) is 157 Å². The van der Waals surface area contributed by atoms with E-state index < -0.39 is 0 Å². The molecule has 0 spiro atoms. The zero-order valence-corrected chi connectivity index (χ0v) is 58.1. The molecule has 8 N–H and O–H groups in total. The monoisotopic (exact) mass is 1200 g/mol. The summed E-state index contributed by atoms with van der Waals surface area (Å²) in [4.78, 5) is 0. The molecule has 9 unspecified atom stereocenters. The average Bonchev–Trinajstić information content (AvgIpc) is 1.33. The molecule has 12 fully saturated rings. The fourth-order valence-corrected chi connectivity index (χ4v) is 28.7. The Morgan fingerprint density at radius 3 is 0.953 bits per heavy atom. The first-order chi connectivity index (χ1) is 40.7. The minimum absolute atomic E-state index is 0.0492. The maximum atomic E-state index is 11.7. The summed E-state index contributed by atoms with van der Waals surface area (Å²) in [5, 5.41) is 89.6. The van der Waals surface area contributed by atoms with Crippen LogP contribution in [0.1, 0.15) is 284 Å².